The first kappa shape index (κ1) is 20.3. The van der Waals surface area contributed by atoms with Gasteiger partial charge in [-0.3, -0.25) is 9.59 Å². The van der Waals surface area contributed by atoms with E-state index in [1.807, 2.05) is 0 Å². The third kappa shape index (κ3) is 3.77. The second-order valence-corrected chi connectivity index (χ2v) is 7.81. The van der Waals surface area contributed by atoms with E-state index in [1.54, 1.807) is 32.0 Å². The molecular formula is C20H21NO6S. The number of ketones is 2. The molecule has 0 bridgehead atoms. The molecule has 3 rings (SSSR count). The van der Waals surface area contributed by atoms with Crippen molar-refractivity contribution in [2.24, 2.45) is 0 Å². The number of benzene rings is 2. The van der Waals surface area contributed by atoms with Crippen molar-refractivity contribution in [3.05, 3.63) is 64.7 Å². The van der Waals surface area contributed by atoms with Gasteiger partial charge in [0.25, 0.3) is 0 Å². The van der Waals surface area contributed by atoms with Crippen molar-refractivity contribution in [2.75, 3.05) is 19.8 Å². The summed E-state index contributed by atoms with van der Waals surface area (Å²) in [7, 11) is -4.08. The molecule has 2 aromatic rings. The monoisotopic (exact) mass is 403 g/mol. The van der Waals surface area contributed by atoms with Crippen LogP contribution in [0.2, 0.25) is 0 Å². The topological polar surface area (TPSA) is 98.8 Å². The summed E-state index contributed by atoms with van der Waals surface area (Å²) in [6, 6.07) is 10.6. The zero-order chi connectivity index (χ0) is 20.3. The Hall–Kier alpha value is -2.39. The highest BCUT2D eigenvalue weighted by molar-refractivity contribution is 7.89. The zero-order valence-corrected chi connectivity index (χ0v) is 16.4. The van der Waals surface area contributed by atoms with Gasteiger partial charge in [-0.2, -0.15) is 0 Å². The van der Waals surface area contributed by atoms with E-state index in [2.05, 4.69) is 4.72 Å². The molecule has 28 heavy (non-hydrogen) atoms. The van der Waals surface area contributed by atoms with Gasteiger partial charge in [-0.1, -0.05) is 36.4 Å². The second kappa shape index (κ2) is 8.32. The molecule has 1 aliphatic carbocycles. The number of fused-ring (bicyclic) bond motifs is 2. The summed E-state index contributed by atoms with van der Waals surface area (Å²) in [5.74, 6) is -0.860. The molecule has 1 N–H and O–H groups in total. The van der Waals surface area contributed by atoms with Crippen LogP contribution in [0.25, 0.3) is 0 Å². The molecule has 0 heterocycles. The maximum absolute atomic E-state index is 13.0. The summed E-state index contributed by atoms with van der Waals surface area (Å²) in [6.45, 7) is 4.14. The van der Waals surface area contributed by atoms with E-state index in [4.69, 9.17) is 9.47 Å². The number of ether oxygens (including phenoxy) is 2. The molecule has 0 amide bonds. The van der Waals surface area contributed by atoms with Gasteiger partial charge < -0.3 is 9.47 Å². The van der Waals surface area contributed by atoms with Crippen molar-refractivity contribution in [3.63, 3.8) is 0 Å². The van der Waals surface area contributed by atoms with Crippen molar-refractivity contribution < 1.29 is 27.5 Å². The molecule has 2 aromatic carbocycles. The fourth-order valence-corrected chi connectivity index (χ4v) is 4.37. The van der Waals surface area contributed by atoms with Gasteiger partial charge in [-0.05, 0) is 19.9 Å². The minimum atomic E-state index is -4.08. The van der Waals surface area contributed by atoms with Crippen LogP contribution < -0.4 is 4.72 Å². The minimum absolute atomic E-state index is 0.0812. The minimum Gasteiger partial charge on any atom is -0.352 e. The van der Waals surface area contributed by atoms with Crippen LogP contribution in [-0.2, 0) is 19.5 Å². The summed E-state index contributed by atoms with van der Waals surface area (Å²) < 4.78 is 38.9. The standard InChI is InChI=1S/C20H21NO6S/c1-3-26-17(27-4-2)12-21-28(24,25)16-11-7-10-15-18(16)20(23)14-9-6-5-8-13(14)19(15)22/h5-11,17,21H,3-4,12H2,1-2H3. The fourth-order valence-electron chi connectivity index (χ4n) is 3.13. The lowest BCUT2D eigenvalue weighted by Gasteiger charge is -2.21. The molecule has 0 aromatic heterocycles. The van der Waals surface area contributed by atoms with Gasteiger partial charge in [0.15, 0.2) is 17.9 Å². The Labute approximate surface area is 163 Å². The summed E-state index contributed by atoms with van der Waals surface area (Å²) in [6.07, 6.45) is -0.748. The van der Waals surface area contributed by atoms with Gasteiger partial charge in [-0.15, -0.1) is 0 Å². The normalized spacial score (nSPS) is 13.5. The fraction of sp³-hybridized carbons (Fsp3) is 0.300. The highest BCUT2D eigenvalue weighted by Gasteiger charge is 2.34. The van der Waals surface area contributed by atoms with Crippen LogP contribution in [0, 0.1) is 0 Å². The predicted molar refractivity (Wildman–Crippen MR) is 102 cm³/mol. The first-order chi connectivity index (χ1) is 13.4. The quantitative estimate of drug-likeness (QED) is 0.579. The highest BCUT2D eigenvalue weighted by Crippen LogP contribution is 2.31. The van der Waals surface area contributed by atoms with E-state index in [-0.39, 0.29) is 39.5 Å². The first-order valence-corrected chi connectivity index (χ1v) is 10.4. The molecule has 148 valence electrons. The molecule has 0 radical (unpaired) electrons. The Morgan fingerprint density at radius 3 is 2.04 bits per heavy atom. The molecule has 0 atom stereocenters. The van der Waals surface area contributed by atoms with Gasteiger partial charge >= 0.3 is 0 Å². The van der Waals surface area contributed by atoms with Crippen LogP contribution in [0.4, 0.5) is 0 Å². The number of carbonyl (C=O) groups is 2. The van der Waals surface area contributed by atoms with Crippen molar-refractivity contribution in [3.8, 4) is 0 Å². The van der Waals surface area contributed by atoms with E-state index in [9.17, 15) is 18.0 Å². The Balaban J connectivity index is 1.98. The number of rotatable bonds is 8. The Morgan fingerprint density at radius 1 is 0.857 bits per heavy atom. The molecule has 7 nitrogen and oxygen atoms in total. The van der Waals surface area contributed by atoms with Gasteiger partial charge in [0, 0.05) is 29.9 Å². The van der Waals surface area contributed by atoms with E-state index < -0.39 is 22.1 Å². The molecule has 0 unspecified atom stereocenters. The lowest BCUT2D eigenvalue weighted by Crippen LogP contribution is -2.36. The van der Waals surface area contributed by atoms with E-state index in [1.165, 1.54) is 24.3 Å². The van der Waals surface area contributed by atoms with Crippen LogP contribution in [0.3, 0.4) is 0 Å². The van der Waals surface area contributed by atoms with Crippen molar-refractivity contribution >= 4 is 21.6 Å². The van der Waals surface area contributed by atoms with Gasteiger partial charge in [0.2, 0.25) is 10.0 Å². The number of hydrogen-bond acceptors (Lipinski definition) is 6. The van der Waals surface area contributed by atoms with Crippen LogP contribution in [0.15, 0.2) is 47.4 Å². The van der Waals surface area contributed by atoms with E-state index in [0.717, 1.165) is 0 Å². The average Bonchev–Trinajstić information content (AvgIpc) is 2.70. The summed E-state index contributed by atoms with van der Waals surface area (Å²) in [4.78, 5) is 25.5. The van der Waals surface area contributed by atoms with Crippen LogP contribution >= 0.6 is 0 Å². The lowest BCUT2D eigenvalue weighted by atomic mass is 9.84. The molecule has 0 fully saturated rings. The van der Waals surface area contributed by atoms with Crippen LogP contribution in [-0.4, -0.2) is 46.0 Å². The Kier molecular flexibility index (Phi) is 6.04. The third-order valence-corrected chi connectivity index (χ3v) is 5.81. The highest BCUT2D eigenvalue weighted by atomic mass is 32.2. The maximum atomic E-state index is 13.0. The molecular weight excluding hydrogens is 382 g/mol. The van der Waals surface area contributed by atoms with E-state index >= 15 is 0 Å². The van der Waals surface area contributed by atoms with Gasteiger partial charge in [0.05, 0.1) is 17.0 Å². The van der Waals surface area contributed by atoms with Crippen molar-refractivity contribution in [2.45, 2.75) is 25.0 Å². The van der Waals surface area contributed by atoms with E-state index in [0.29, 0.717) is 13.2 Å². The molecule has 0 saturated carbocycles. The molecule has 0 spiro atoms. The summed E-state index contributed by atoms with van der Waals surface area (Å²) in [5.41, 5.74) is 0.445. The van der Waals surface area contributed by atoms with Crippen molar-refractivity contribution in [1.82, 2.24) is 4.72 Å². The SMILES string of the molecule is CCOC(CNS(=O)(=O)c1cccc2c1C(=O)c1ccccc1C2=O)OCC. The number of carbonyl (C=O) groups excluding carboxylic acids is 2. The van der Waals surface area contributed by atoms with Gasteiger partial charge in [0.1, 0.15) is 0 Å². The first-order valence-electron chi connectivity index (χ1n) is 8.95. The Morgan fingerprint density at radius 2 is 1.43 bits per heavy atom. The zero-order valence-electron chi connectivity index (χ0n) is 15.6. The number of sulfonamides is 1. The maximum Gasteiger partial charge on any atom is 0.241 e. The summed E-state index contributed by atoms with van der Waals surface area (Å²) in [5, 5.41) is 0. The smallest absolute Gasteiger partial charge is 0.241 e. The lowest BCUT2D eigenvalue weighted by molar-refractivity contribution is -0.130. The number of hydrogen-bond donors (Lipinski definition) is 1. The predicted octanol–water partition coefficient (Wildman–Crippen LogP) is 2.14. The third-order valence-electron chi connectivity index (χ3n) is 4.35. The van der Waals surface area contributed by atoms with Crippen LogP contribution in [0.5, 0.6) is 0 Å². The second-order valence-electron chi connectivity index (χ2n) is 6.07. The average molecular weight is 403 g/mol. The largest absolute Gasteiger partial charge is 0.352 e. The Bertz CT molecular complexity index is 1010. The van der Waals surface area contributed by atoms with Crippen LogP contribution in [0.1, 0.15) is 45.7 Å². The summed E-state index contributed by atoms with van der Waals surface area (Å²) >= 11 is 0. The number of nitrogens with one attached hydrogen (secondary N) is 1. The molecule has 1 aliphatic rings. The molecule has 8 heteroatoms. The van der Waals surface area contributed by atoms with Crippen molar-refractivity contribution in [1.29, 1.82) is 0 Å². The molecule has 0 aliphatic heterocycles. The van der Waals surface area contributed by atoms with Gasteiger partial charge in [-0.25, -0.2) is 13.1 Å². The molecule has 0 saturated heterocycles.